The topological polar surface area (TPSA) is 32.3 Å². The number of aliphatic hydroxyl groups excluding tert-OH is 1. The van der Waals surface area contributed by atoms with Crippen molar-refractivity contribution in [1.29, 1.82) is 0 Å². The molecule has 2 rings (SSSR count). The second kappa shape index (κ2) is 4.89. The Morgan fingerprint density at radius 2 is 1.94 bits per heavy atom. The van der Waals surface area contributed by atoms with Crippen LogP contribution in [-0.4, -0.2) is 24.8 Å². The van der Waals surface area contributed by atoms with E-state index >= 15 is 0 Å². The van der Waals surface area contributed by atoms with E-state index in [4.69, 9.17) is 0 Å². The van der Waals surface area contributed by atoms with Crippen molar-refractivity contribution >= 4 is 0 Å². The molecule has 1 fully saturated rings. The lowest BCUT2D eigenvalue weighted by atomic mass is 9.82. The SMILES string of the molecule is OCC1CCNCC1c1cc(F)cc(F)c1. The van der Waals surface area contributed by atoms with E-state index in [0.29, 0.717) is 12.1 Å². The molecule has 0 amide bonds. The summed E-state index contributed by atoms with van der Waals surface area (Å²) in [5, 5.41) is 12.4. The normalized spacial score (nSPS) is 25.7. The Kier molecular flexibility index (Phi) is 3.51. The molecule has 2 nitrogen and oxygen atoms in total. The molecule has 0 spiro atoms. The third-order valence-corrected chi connectivity index (χ3v) is 3.17. The van der Waals surface area contributed by atoms with Crippen molar-refractivity contribution in [3.05, 3.63) is 35.4 Å². The van der Waals surface area contributed by atoms with E-state index in [2.05, 4.69) is 5.32 Å². The van der Waals surface area contributed by atoms with E-state index < -0.39 is 11.6 Å². The van der Waals surface area contributed by atoms with Crippen molar-refractivity contribution in [1.82, 2.24) is 5.32 Å². The van der Waals surface area contributed by atoms with Crippen LogP contribution in [0.4, 0.5) is 8.78 Å². The molecule has 16 heavy (non-hydrogen) atoms. The van der Waals surface area contributed by atoms with Gasteiger partial charge in [0, 0.05) is 25.1 Å². The summed E-state index contributed by atoms with van der Waals surface area (Å²) >= 11 is 0. The summed E-state index contributed by atoms with van der Waals surface area (Å²) < 4.78 is 26.2. The minimum absolute atomic E-state index is 0.0102. The van der Waals surface area contributed by atoms with Crippen molar-refractivity contribution in [2.45, 2.75) is 12.3 Å². The molecular weight excluding hydrogens is 212 g/mol. The van der Waals surface area contributed by atoms with Crippen LogP contribution in [0.5, 0.6) is 0 Å². The van der Waals surface area contributed by atoms with E-state index in [-0.39, 0.29) is 18.4 Å². The first-order valence-electron chi connectivity index (χ1n) is 5.48. The van der Waals surface area contributed by atoms with Crippen LogP contribution < -0.4 is 5.32 Å². The predicted molar refractivity (Wildman–Crippen MR) is 57.2 cm³/mol. The Labute approximate surface area is 93.3 Å². The summed E-state index contributed by atoms with van der Waals surface area (Å²) in [6.45, 7) is 1.57. The van der Waals surface area contributed by atoms with E-state index in [0.717, 1.165) is 19.0 Å². The highest BCUT2D eigenvalue weighted by Crippen LogP contribution is 2.29. The van der Waals surface area contributed by atoms with Crippen molar-refractivity contribution in [3.63, 3.8) is 0 Å². The summed E-state index contributed by atoms with van der Waals surface area (Å²) in [5.41, 5.74) is 0.628. The van der Waals surface area contributed by atoms with Gasteiger partial charge in [0.2, 0.25) is 0 Å². The van der Waals surface area contributed by atoms with E-state index in [1.54, 1.807) is 0 Å². The number of benzene rings is 1. The van der Waals surface area contributed by atoms with Crippen molar-refractivity contribution in [2.24, 2.45) is 5.92 Å². The van der Waals surface area contributed by atoms with Gasteiger partial charge in [-0.15, -0.1) is 0 Å². The average molecular weight is 227 g/mol. The minimum atomic E-state index is -0.558. The van der Waals surface area contributed by atoms with Gasteiger partial charge in [-0.2, -0.15) is 0 Å². The molecule has 2 atom stereocenters. The lowest BCUT2D eigenvalue weighted by molar-refractivity contribution is 0.176. The summed E-state index contributed by atoms with van der Waals surface area (Å²) in [6, 6.07) is 3.57. The van der Waals surface area contributed by atoms with Crippen molar-refractivity contribution in [3.8, 4) is 0 Å². The van der Waals surface area contributed by atoms with Gasteiger partial charge in [-0.3, -0.25) is 0 Å². The lowest BCUT2D eigenvalue weighted by Crippen LogP contribution is -2.36. The molecule has 1 aromatic rings. The lowest BCUT2D eigenvalue weighted by Gasteiger charge is -2.31. The highest BCUT2D eigenvalue weighted by Gasteiger charge is 2.26. The average Bonchev–Trinajstić information content (AvgIpc) is 2.27. The molecular formula is C12H15F2NO. The van der Waals surface area contributed by atoms with E-state index in [1.165, 1.54) is 12.1 Å². The Bertz CT molecular complexity index is 350. The quantitative estimate of drug-likeness (QED) is 0.805. The molecule has 0 saturated carbocycles. The zero-order valence-corrected chi connectivity index (χ0v) is 8.92. The smallest absolute Gasteiger partial charge is 0.126 e. The third kappa shape index (κ3) is 2.39. The van der Waals surface area contributed by atoms with Crippen LogP contribution in [0.3, 0.4) is 0 Å². The van der Waals surface area contributed by atoms with Gasteiger partial charge < -0.3 is 10.4 Å². The standard InChI is InChI=1S/C12H15F2NO/c13-10-3-9(4-11(14)5-10)12-6-15-2-1-8(12)7-16/h3-5,8,12,15-16H,1-2,6-7H2. The molecule has 1 aliphatic rings. The van der Waals surface area contributed by atoms with Gasteiger partial charge in [0.25, 0.3) is 0 Å². The predicted octanol–water partition coefficient (Wildman–Crippen LogP) is 1.65. The molecule has 2 unspecified atom stereocenters. The van der Waals surface area contributed by atoms with Crippen molar-refractivity contribution < 1.29 is 13.9 Å². The first-order chi connectivity index (χ1) is 7.70. The molecule has 1 saturated heterocycles. The molecule has 4 heteroatoms. The summed E-state index contributed by atoms with van der Waals surface area (Å²) in [7, 11) is 0. The van der Waals surface area contributed by atoms with Crippen LogP contribution in [-0.2, 0) is 0 Å². The fourth-order valence-corrected chi connectivity index (χ4v) is 2.31. The van der Waals surface area contributed by atoms with Gasteiger partial charge >= 0.3 is 0 Å². The second-order valence-corrected chi connectivity index (χ2v) is 4.24. The number of piperidine rings is 1. The number of rotatable bonds is 2. The van der Waals surface area contributed by atoms with Crippen LogP contribution in [0.15, 0.2) is 18.2 Å². The van der Waals surface area contributed by atoms with E-state index in [1.807, 2.05) is 0 Å². The summed E-state index contributed by atoms with van der Waals surface area (Å²) in [5.74, 6) is -1.04. The monoisotopic (exact) mass is 227 g/mol. The Morgan fingerprint density at radius 3 is 2.56 bits per heavy atom. The zero-order valence-electron chi connectivity index (χ0n) is 8.92. The fourth-order valence-electron chi connectivity index (χ4n) is 2.31. The van der Waals surface area contributed by atoms with Gasteiger partial charge in [-0.1, -0.05) is 0 Å². The largest absolute Gasteiger partial charge is 0.396 e. The molecule has 1 heterocycles. The number of hydrogen-bond acceptors (Lipinski definition) is 2. The number of halogens is 2. The Hall–Kier alpha value is -1.00. The maximum atomic E-state index is 13.1. The molecule has 0 radical (unpaired) electrons. The second-order valence-electron chi connectivity index (χ2n) is 4.24. The molecule has 0 bridgehead atoms. The first kappa shape index (κ1) is 11.5. The number of aliphatic hydroxyl groups is 1. The van der Waals surface area contributed by atoms with E-state index in [9.17, 15) is 13.9 Å². The van der Waals surface area contributed by atoms with Crippen LogP contribution in [0.25, 0.3) is 0 Å². The van der Waals surface area contributed by atoms with Gasteiger partial charge in [0.05, 0.1) is 0 Å². The highest BCUT2D eigenvalue weighted by atomic mass is 19.1. The number of hydrogen-bond donors (Lipinski definition) is 2. The van der Waals surface area contributed by atoms with Crippen LogP contribution in [0, 0.1) is 17.6 Å². The van der Waals surface area contributed by atoms with Gasteiger partial charge in [-0.25, -0.2) is 8.78 Å². The molecule has 1 aliphatic heterocycles. The Morgan fingerprint density at radius 1 is 1.25 bits per heavy atom. The molecule has 0 aromatic heterocycles. The first-order valence-corrected chi connectivity index (χ1v) is 5.48. The summed E-state index contributed by atoms with van der Waals surface area (Å²) in [4.78, 5) is 0. The molecule has 0 aliphatic carbocycles. The highest BCUT2D eigenvalue weighted by molar-refractivity contribution is 5.23. The Balaban J connectivity index is 2.26. The maximum Gasteiger partial charge on any atom is 0.126 e. The van der Waals surface area contributed by atoms with Gasteiger partial charge in [0.1, 0.15) is 11.6 Å². The molecule has 88 valence electrons. The molecule has 1 aromatic carbocycles. The number of nitrogens with one attached hydrogen (secondary N) is 1. The fraction of sp³-hybridized carbons (Fsp3) is 0.500. The van der Waals surface area contributed by atoms with Crippen LogP contribution >= 0.6 is 0 Å². The van der Waals surface area contributed by atoms with Gasteiger partial charge in [0.15, 0.2) is 0 Å². The minimum Gasteiger partial charge on any atom is -0.396 e. The third-order valence-electron chi connectivity index (χ3n) is 3.17. The van der Waals surface area contributed by atoms with Crippen LogP contribution in [0.1, 0.15) is 17.9 Å². The maximum absolute atomic E-state index is 13.1. The van der Waals surface area contributed by atoms with Crippen molar-refractivity contribution in [2.75, 3.05) is 19.7 Å². The molecule has 2 N–H and O–H groups in total. The van der Waals surface area contributed by atoms with Crippen LogP contribution in [0.2, 0.25) is 0 Å². The zero-order chi connectivity index (χ0) is 11.5. The van der Waals surface area contributed by atoms with Gasteiger partial charge in [-0.05, 0) is 36.6 Å². The summed E-state index contributed by atoms with van der Waals surface area (Å²) in [6.07, 6.45) is 0.833.